The fraction of sp³-hybridized carbons (Fsp3) is 0.500. The van der Waals surface area contributed by atoms with E-state index in [1.54, 1.807) is 13.4 Å². The summed E-state index contributed by atoms with van der Waals surface area (Å²) in [6.45, 7) is 3.63. The van der Waals surface area contributed by atoms with Gasteiger partial charge in [-0.2, -0.15) is 0 Å². The number of hydrogen-bond acceptors (Lipinski definition) is 5. The molecular formula is C18H25N5O2. The van der Waals surface area contributed by atoms with Crippen LogP contribution < -0.4 is 5.32 Å². The Hall–Kier alpha value is -2.25. The third kappa shape index (κ3) is 4.05. The van der Waals surface area contributed by atoms with Crippen LogP contribution >= 0.6 is 0 Å². The van der Waals surface area contributed by atoms with E-state index in [-0.39, 0.29) is 18.1 Å². The number of nitrogens with one attached hydrogen (secondary N) is 1. The highest BCUT2D eigenvalue weighted by Crippen LogP contribution is 2.31. The molecule has 2 atom stereocenters. The number of hydrogen-bond donors (Lipinski definition) is 1. The molecule has 0 aliphatic carbocycles. The molecule has 1 saturated heterocycles. The third-order valence-electron chi connectivity index (χ3n) is 4.83. The van der Waals surface area contributed by atoms with Gasteiger partial charge in [0.2, 0.25) is 5.91 Å². The molecule has 1 N–H and O–H groups in total. The van der Waals surface area contributed by atoms with E-state index in [1.807, 2.05) is 29.8 Å². The van der Waals surface area contributed by atoms with Gasteiger partial charge in [0.05, 0.1) is 18.7 Å². The number of ether oxygens (including phenoxy) is 1. The van der Waals surface area contributed by atoms with Gasteiger partial charge in [0.1, 0.15) is 12.2 Å². The fourth-order valence-corrected chi connectivity index (χ4v) is 3.31. The number of aromatic nitrogens is 3. The number of carbonyl (C=O) groups is 1. The molecule has 0 saturated carbocycles. The molecule has 2 aromatic rings. The summed E-state index contributed by atoms with van der Waals surface area (Å²) < 4.78 is 7.41. The van der Waals surface area contributed by atoms with Crippen LogP contribution in [0.25, 0.3) is 0 Å². The van der Waals surface area contributed by atoms with Gasteiger partial charge in [-0.25, -0.2) is 0 Å². The monoisotopic (exact) mass is 343 g/mol. The van der Waals surface area contributed by atoms with Crippen molar-refractivity contribution in [1.82, 2.24) is 25.0 Å². The lowest BCUT2D eigenvalue weighted by Crippen LogP contribution is -2.38. The predicted octanol–water partition coefficient (Wildman–Crippen LogP) is 1.20. The molecule has 1 aliphatic heterocycles. The zero-order valence-corrected chi connectivity index (χ0v) is 15.0. The largest absolute Gasteiger partial charge is 0.380 e. The molecule has 2 heterocycles. The lowest BCUT2D eigenvalue weighted by molar-refractivity contribution is -0.122. The highest BCUT2D eigenvalue weighted by atomic mass is 16.5. The zero-order chi connectivity index (χ0) is 17.8. The average Bonchev–Trinajstić information content (AvgIpc) is 3.19. The second-order valence-corrected chi connectivity index (χ2v) is 6.54. The van der Waals surface area contributed by atoms with Crippen LogP contribution in [0.15, 0.2) is 30.6 Å². The number of methoxy groups -OCH3 is 1. The topological polar surface area (TPSA) is 72.3 Å². The molecule has 0 spiro atoms. The van der Waals surface area contributed by atoms with E-state index in [1.165, 1.54) is 5.56 Å². The molecule has 25 heavy (non-hydrogen) atoms. The van der Waals surface area contributed by atoms with Crippen molar-refractivity contribution in [3.8, 4) is 0 Å². The maximum Gasteiger partial charge on any atom is 0.234 e. The molecule has 1 aliphatic rings. The Morgan fingerprint density at radius 3 is 2.88 bits per heavy atom. The second-order valence-electron chi connectivity index (χ2n) is 6.54. The van der Waals surface area contributed by atoms with E-state index in [9.17, 15) is 4.79 Å². The molecule has 134 valence electrons. The molecule has 0 radical (unpaired) electrons. The van der Waals surface area contributed by atoms with Crippen LogP contribution in [0.5, 0.6) is 0 Å². The molecule has 1 aromatic heterocycles. The molecule has 1 aromatic carbocycles. The van der Waals surface area contributed by atoms with Gasteiger partial charge in [-0.05, 0) is 24.5 Å². The van der Waals surface area contributed by atoms with Crippen LogP contribution in [-0.4, -0.2) is 51.9 Å². The molecule has 1 amide bonds. The zero-order valence-electron chi connectivity index (χ0n) is 15.0. The van der Waals surface area contributed by atoms with Gasteiger partial charge in [0.25, 0.3) is 0 Å². The van der Waals surface area contributed by atoms with Crippen molar-refractivity contribution >= 4 is 5.91 Å². The van der Waals surface area contributed by atoms with Crippen LogP contribution in [0.4, 0.5) is 0 Å². The highest BCUT2D eigenvalue weighted by molar-refractivity contribution is 5.78. The van der Waals surface area contributed by atoms with E-state index in [2.05, 4.69) is 33.4 Å². The van der Waals surface area contributed by atoms with E-state index < -0.39 is 0 Å². The molecule has 7 heteroatoms. The first kappa shape index (κ1) is 17.6. The Morgan fingerprint density at radius 2 is 2.20 bits per heavy atom. The summed E-state index contributed by atoms with van der Waals surface area (Å²) >= 11 is 0. The van der Waals surface area contributed by atoms with Crippen LogP contribution in [-0.2, 0) is 23.1 Å². The van der Waals surface area contributed by atoms with Crippen LogP contribution in [0.3, 0.4) is 0 Å². The minimum absolute atomic E-state index is 0.00664. The second kappa shape index (κ2) is 7.76. The van der Waals surface area contributed by atoms with Crippen molar-refractivity contribution in [1.29, 1.82) is 0 Å². The van der Waals surface area contributed by atoms with E-state index in [4.69, 9.17) is 4.74 Å². The Morgan fingerprint density at radius 1 is 1.40 bits per heavy atom. The van der Waals surface area contributed by atoms with Crippen molar-refractivity contribution in [3.05, 3.63) is 47.5 Å². The smallest absolute Gasteiger partial charge is 0.234 e. The first-order chi connectivity index (χ1) is 12.1. The molecule has 0 unspecified atom stereocenters. The van der Waals surface area contributed by atoms with Crippen molar-refractivity contribution in [2.24, 2.45) is 7.05 Å². The van der Waals surface area contributed by atoms with Gasteiger partial charge < -0.3 is 14.6 Å². The van der Waals surface area contributed by atoms with Crippen molar-refractivity contribution < 1.29 is 9.53 Å². The van der Waals surface area contributed by atoms with Gasteiger partial charge in [0, 0.05) is 27.2 Å². The summed E-state index contributed by atoms with van der Waals surface area (Å²) in [6.07, 6.45) is 2.60. The van der Waals surface area contributed by atoms with Crippen LogP contribution in [0, 0.1) is 6.92 Å². The number of nitrogens with zero attached hydrogens (tertiary/aromatic N) is 4. The summed E-state index contributed by atoms with van der Waals surface area (Å²) in [4.78, 5) is 14.6. The van der Waals surface area contributed by atoms with E-state index >= 15 is 0 Å². The van der Waals surface area contributed by atoms with E-state index in [0.29, 0.717) is 19.6 Å². The Kier molecular flexibility index (Phi) is 5.45. The first-order valence-electron chi connectivity index (χ1n) is 8.50. The summed E-state index contributed by atoms with van der Waals surface area (Å²) in [7, 11) is 3.63. The Balaban J connectivity index is 1.62. The number of benzene rings is 1. The SMILES string of the molecule is CO[C@@H]1C[C@@H](c2nncn2C)N(CC(=O)NCc2ccccc2C)C1. The summed E-state index contributed by atoms with van der Waals surface area (Å²) in [5.74, 6) is 0.874. The van der Waals surface area contributed by atoms with Crippen LogP contribution in [0.2, 0.25) is 0 Å². The summed E-state index contributed by atoms with van der Waals surface area (Å²) in [5, 5.41) is 11.2. The maximum absolute atomic E-state index is 12.4. The minimum Gasteiger partial charge on any atom is -0.380 e. The molecule has 3 rings (SSSR count). The summed E-state index contributed by atoms with van der Waals surface area (Å²) in [6, 6.07) is 8.12. The molecule has 1 fully saturated rings. The Bertz CT molecular complexity index is 730. The number of aryl methyl sites for hydroxylation is 2. The predicted molar refractivity (Wildman–Crippen MR) is 93.8 cm³/mol. The van der Waals surface area contributed by atoms with Crippen molar-refractivity contribution in [3.63, 3.8) is 0 Å². The van der Waals surface area contributed by atoms with Gasteiger partial charge >= 0.3 is 0 Å². The van der Waals surface area contributed by atoms with Crippen LogP contribution in [0.1, 0.15) is 29.4 Å². The fourth-order valence-electron chi connectivity index (χ4n) is 3.31. The van der Waals surface area contributed by atoms with E-state index in [0.717, 1.165) is 17.8 Å². The number of rotatable bonds is 6. The van der Waals surface area contributed by atoms with Crippen molar-refractivity contribution in [2.45, 2.75) is 32.0 Å². The minimum atomic E-state index is 0.00664. The Labute approximate surface area is 148 Å². The average molecular weight is 343 g/mol. The first-order valence-corrected chi connectivity index (χ1v) is 8.50. The normalized spacial score (nSPS) is 20.8. The van der Waals surface area contributed by atoms with Gasteiger partial charge in [-0.3, -0.25) is 9.69 Å². The standard InChI is InChI=1S/C18H25N5O2/c1-13-6-4-5-7-14(13)9-19-17(24)11-23-10-15(25-3)8-16(23)18-21-20-12-22(18)2/h4-7,12,15-16H,8-11H2,1-3H3,(H,19,24)/t15-,16+/m1/s1. The quantitative estimate of drug-likeness (QED) is 0.853. The maximum atomic E-state index is 12.4. The molecular weight excluding hydrogens is 318 g/mol. The molecule has 0 bridgehead atoms. The van der Waals surface area contributed by atoms with Crippen molar-refractivity contribution in [2.75, 3.05) is 20.2 Å². The van der Waals surface area contributed by atoms with Gasteiger partial charge in [0.15, 0.2) is 0 Å². The number of likely N-dealkylation sites (tertiary alicyclic amines) is 1. The van der Waals surface area contributed by atoms with Gasteiger partial charge in [-0.15, -0.1) is 10.2 Å². The highest BCUT2D eigenvalue weighted by Gasteiger charge is 2.36. The number of amides is 1. The molecule has 7 nitrogen and oxygen atoms in total. The van der Waals surface area contributed by atoms with Gasteiger partial charge in [-0.1, -0.05) is 24.3 Å². The number of carbonyl (C=O) groups excluding carboxylic acids is 1. The summed E-state index contributed by atoms with van der Waals surface area (Å²) in [5.41, 5.74) is 2.32. The lowest BCUT2D eigenvalue weighted by atomic mass is 10.1. The lowest BCUT2D eigenvalue weighted by Gasteiger charge is -2.22. The third-order valence-corrected chi connectivity index (χ3v) is 4.83.